The third kappa shape index (κ3) is 1.98. The lowest BCUT2D eigenvalue weighted by molar-refractivity contribution is -0.149. The summed E-state index contributed by atoms with van der Waals surface area (Å²) in [6, 6.07) is 0. The number of rotatable bonds is 4. The maximum atomic E-state index is 11.8. The molecule has 2 unspecified atom stereocenters. The van der Waals surface area contributed by atoms with Crippen LogP contribution in [0.5, 0.6) is 5.75 Å². The lowest BCUT2D eigenvalue weighted by Gasteiger charge is -2.26. The Balaban J connectivity index is 1.92. The Morgan fingerprint density at radius 1 is 1.45 bits per heavy atom. The summed E-state index contributed by atoms with van der Waals surface area (Å²) in [5.74, 6) is 1.45. The van der Waals surface area contributed by atoms with Crippen molar-refractivity contribution in [3.8, 4) is 5.75 Å². The highest BCUT2D eigenvalue weighted by atomic mass is 16.5. The third-order valence-electron chi connectivity index (χ3n) is 5.08. The predicted octanol–water partition coefficient (Wildman–Crippen LogP) is 2.75. The van der Waals surface area contributed by atoms with E-state index in [0.717, 1.165) is 35.4 Å². The normalized spacial score (nSPS) is 30.9. The molecule has 2 aliphatic carbocycles. The number of fused-ring (bicyclic) bond motifs is 1. The van der Waals surface area contributed by atoms with Crippen LogP contribution >= 0.6 is 0 Å². The van der Waals surface area contributed by atoms with Crippen LogP contribution in [0.4, 0.5) is 0 Å². The quantitative estimate of drug-likeness (QED) is 0.918. The third-order valence-corrected chi connectivity index (χ3v) is 5.08. The molecule has 1 N–H and O–H groups in total. The number of hydrogen-bond acceptors (Lipinski definition) is 3. The van der Waals surface area contributed by atoms with Gasteiger partial charge in [-0.2, -0.15) is 0 Å². The van der Waals surface area contributed by atoms with Crippen molar-refractivity contribution in [3.05, 3.63) is 23.0 Å². The van der Waals surface area contributed by atoms with Crippen LogP contribution in [0, 0.1) is 31.1 Å². The molecule has 2 atom stereocenters. The molecule has 20 heavy (non-hydrogen) atoms. The fraction of sp³-hybridized carbons (Fsp3) is 0.625. The van der Waals surface area contributed by atoms with Gasteiger partial charge < -0.3 is 9.84 Å². The van der Waals surface area contributed by atoms with Crippen LogP contribution in [0.1, 0.15) is 36.1 Å². The molecular formula is C16H21NO3. The van der Waals surface area contributed by atoms with Gasteiger partial charge in [-0.1, -0.05) is 0 Å². The van der Waals surface area contributed by atoms with E-state index < -0.39 is 11.4 Å². The minimum absolute atomic E-state index is 0.526. The standard InChI is InChI=1S/C16H21NO3/c1-9-8-17-13(10(2)14(9)20-3)7-16(15(18)19)5-11-4-12(11)6-16/h8,11-12H,4-7H2,1-3H3,(H,18,19). The van der Waals surface area contributed by atoms with Crippen LogP contribution < -0.4 is 4.74 Å². The van der Waals surface area contributed by atoms with Crippen LogP contribution in [-0.2, 0) is 11.2 Å². The second-order valence-corrected chi connectivity index (χ2v) is 6.47. The van der Waals surface area contributed by atoms with E-state index in [2.05, 4.69) is 4.98 Å². The molecule has 0 bridgehead atoms. The van der Waals surface area contributed by atoms with E-state index in [-0.39, 0.29) is 0 Å². The van der Waals surface area contributed by atoms with E-state index in [9.17, 15) is 9.90 Å². The zero-order valence-corrected chi connectivity index (χ0v) is 12.3. The molecule has 0 saturated heterocycles. The number of aromatic nitrogens is 1. The molecular weight excluding hydrogens is 254 g/mol. The number of pyridine rings is 1. The number of aryl methyl sites for hydroxylation is 1. The van der Waals surface area contributed by atoms with Gasteiger partial charge in [0.2, 0.25) is 0 Å². The Kier molecular flexibility index (Phi) is 3.00. The minimum Gasteiger partial charge on any atom is -0.496 e. The molecule has 3 rings (SSSR count). The lowest BCUT2D eigenvalue weighted by Crippen LogP contribution is -2.32. The molecule has 1 aromatic rings. The summed E-state index contributed by atoms with van der Waals surface area (Å²) >= 11 is 0. The highest BCUT2D eigenvalue weighted by Gasteiger charge is 2.57. The largest absolute Gasteiger partial charge is 0.496 e. The van der Waals surface area contributed by atoms with Gasteiger partial charge in [-0.05, 0) is 44.9 Å². The predicted molar refractivity (Wildman–Crippen MR) is 74.9 cm³/mol. The zero-order chi connectivity index (χ0) is 14.5. The molecule has 4 nitrogen and oxygen atoms in total. The number of methoxy groups -OCH3 is 1. The monoisotopic (exact) mass is 275 g/mol. The fourth-order valence-corrected chi connectivity index (χ4v) is 3.86. The highest BCUT2D eigenvalue weighted by molar-refractivity contribution is 5.76. The number of hydrogen-bond donors (Lipinski definition) is 1. The van der Waals surface area contributed by atoms with Gasteiger partial charge in [-0.25, -0.2) is 0 Å². The molecule has 0 aliphatic heterocycles. The molecule has 0 aromatic carbocycles. The second kappa shape index (κ2) is 4.47. The topological polar surface area (TPSA) is 59.4 Å². The smallest absolute Gasteiger partial charge is 0.310 e. The number of aliphatic carboxylic acids is 1. The van der Waals surface area contributed by atoms with E-state index in [1.165, 1.54) is 6.42 Å². The summed E-state index contributed by atoms with van der Waals surface area (Å²) in [6.45, 7) is 3.93. The molecule has 2 aliphatic rings. The van der Waals surface area contributed by atoms with Gasteiger partial charge in [0.25, 0.3) is 0 Å². The van der Waals surface area contributed by atoms with Crippen molar-refractivity contribution in [2.24, 2.45) is 17.3 Å². The molecule has 0 amide bonds. The molecule has 1 heterocycles. The van der Waals surface area contributed by atoms with Gasteiger partial charge in [0.1, 0.15) is 5.75 Å². The number of carboxylic acids is 1. The summed E-state index contributed by atoms with van der Waals surface area (Å²) in [7, 11) is 1.65. The number of nitrogens with zero attached hydrogens (tertiary/aromatic N) is 1. The SMILES string of the molecule is COc1c(C)cnc(CC2(C(=O)O)CC3CC3C2)c1C. The average Bonchev–Trinajstić information content (AvgIpc) is 3.01. The van der Waals surface area contributed by atoms with E-state index in [1.54, 1.807) is 13.3 Å². The van der Waals surface area contributed by atoms with Crippen LogP contribution in [0.25, 0.3) is 0 Å². The Morgan fingerprint density at radius 3 is 2.65 bits per heavy atom. The Morgan fingerprint density at radius 2 is 2.10 bits per heavy atom. The average molecular weight is 275 g/mol. The van der Waals surface area contributed by atoms with Gasteiger partial charge >= 0.3 is 5.97 Å². The molecule has 0 spiro atoms. The minimum atomic E-state index is -0.662. The van der Waals surface area contributed by atoms with Gasteiger partial charge in [0.15, 0.2) is 0 Å². The van der Waals surface area contributed by atoms with Crippen molar-refractivity contribution in [2.45, 2.75) is 39.5 Å². The second-order valence-electron chi connectivity index (χ2n) is 6.47. The molecule has 0 radical (unpaired) electrons. The van der Waals surface area contributed by atoms with Crippen LogP contribution in [-0.4, -0.2) is 23.2 Å². The Hall–Kier alpha value is -1.58. The van der Waals surface area contributed by atoms with Crippen LogP contribution in [0.15, 0.2) is 6.20 Å². The van der Waals surface area contributed by atoms with Crippen molar-refractivity contribution in [2.75, 3.05) is 7.11 Å². The van der Waals surface area contributed by atoms with Gasteiger partial charge in [0.05, 0.1) is 12.5 Å². The number of ether oxygens (including phenoxy) is 1. The Bertz CT molecular complexity index is 557. The molecule has 108 valence electrons. The van der Waals surface area contributed by atoms with E-state index >= 15 is 0 Å². The fourth-order valence-electron chi connectivity index (χ4n) is 3.86. The first-order valence-corrected chi connectivity index (χ1v) is 7.19. The van der Waals surface area contributed by atoms with Gasteiger partial charge in [-0.3, -0.25) is 9.78 Å². The summed E-state index contributed by atoms with van der Waals surface area (Å²) < 4.78 is 5.42. The summed E-state index contributed by atoms with van der Waals surface area (Å²) in [5, 5.41) is 9.68. The molecule has 1 aromatic heterocycles. The van der Waals surface area contributed by atoms with Crippen molar-refractivity contribution in [1.29, 1.82) is 0 Å². The van der Waals surface area contributed by atoms with Crippen molar-refractivity contribution in [3.63, 3.8) is 0 Å². The summed E-state index contributed by atoms with van der Waals surface area (Å²) in [5.41, 5.74) is 2.24. The van der Waals surface area contributed by atoms with E-state index in [0.29, 0.717) is 18.3 Å². The first-order chi connectivity index (χ1) is 9.47. The van der Waals surface area contributed by atoms with Crippen LogP contribution in [0.3, 0.4) is 0 Å². The number of carboxylic acid groups (broad SMARTS) is 1. The lowest BCUT2D eigenvalue weighted by atomic mass is 9.78. The Labute approximate surface area is 119 Å². The molecule has 2 fully saturated rings. The first-order valence-electron chi connectivity index (χ1n) is 7.19. The summed E-state index contributed by atoms with van der Waals surface area (Å²) in [6.07, 6.45) is 5.15. The maximum Gasteiger partial charge on any atom is 0.310 e. The van der Waals surface area contributed by atoms with Crippen molar-refractivity contribution in [1.82, 2.24) is 4.98 Å². The highest BCUT2D eigenvalue weighted by Crippen LogP contribution is 2.61. The van der Waals surface area contributed by atoms with Crippen LogP contribution in [0.2, 0.25) is 0 Å². The van der Waals surface area contributed by atoms with Gasteiger partial charge in [-0.15, -0.1) is 0 Å². The maximum absolute atomic E-state index is 11.8. The summed E-state index contributed by atoms with van der Waals surface area (Å²) in [4.78, 5) is 16.2. The van der Waals surface area contributed by atoms with Crippen molar-refractivity contribution < 1.29 is 14.6 Å². The molecule has 2 saturated carbocycles. The van der Waals surface area contributed by atoms with Crippen molar-refractivity contribution >= 4 is 5.97 Å². The van der Waals surface area contributed by atoms with E-state index in [4.69, 9.17) is 4.74 Å². The zero-order valence-electron chi connectivity index (χ0n) is 12.3. The molecule has 4 heteroatoms. The number of carbonyl (C=O) groups is 1. The van der Waals surface area contributed by atoms with E-state index in [1.807, 2.05) is 13.8 Å². The van der Waals surface area contributed by atoms with Gasteiger partial charge in [0, 0.05) is 29.4 Å². The first kappa shape index (κ1) is 13.4.